The second-order valence-corrected chi connectivity index (χ2v) is 10.6. The molecule has 0 saturated carbocycles. The number of anilines is 1. The molecule has 1 unspecified atom stereocenters. The fourth-order valence-corrected chi connectivity index (χ4v) is 5.04. The monoisotopic (exact) mass is 536 g/mol. The maximum Gasteiger partial charge on any atom is 0.414 e. The number of ether oxygens (including phenoxy) is 1. The number of benzene rings is 2. The standard InChI is InChI=1S/C22H21FN4O7S2/c1-12(28)24-10-16-11-27(22(30)33-16)14-5-8-17(18(23)9-14)21-26-25-20(29)19(35-21)13-3-6-15(7-4-13)34-36(2,31)32/h3-9,16,19H,10-11H2,1-2H3,(H,24,28)(H,25,29)/t16-,19?/m0/s1. The molecule has 2 aliphatic rings. The Kier molecular flexibility index (Phi) is 7.17. The molecule has 14 heteroatoms. The van der Waals surface area contributed by atoms with Crippen molar-refractivity contribution in [3.63, 3.8) is 0 Å². The molecule has 190 valence electrons. The molecule has 2 heterocycles. The van der Waals surface area contributed by atoms with Gasteiger partial charge >= 0.3 is 16.2 Å². The first kappa shape index (κ1) is 25.4. The Hall–Kier alpha value is -3.65. The third-order valence-electron chi connectivity index (χ3n) is 5.11. The van der Waals surface area contributed by atoms with Gasteiger partial charge in [-0.1, -0.05) is 23.9 Å². The van der Waals surface area contributed by atoms with Crippen molar-refractivity contribution in [2.45, 2.75) is 18.3 Å². The predicted octanol–water partition coefficient (Wildman–Crippen LogP) is 1.89. The smallest absolute Gasteiger partial charge is 0.414 e. The lowest BCUT2D eigenvalue weighted by Gasteiger charge is -2.22. The maximum absolute atomic E-state index is 15.1. The molecular formula is C22H21FN4O7S2. The fraction of sp³-hybridized carbons (Fsp3) is 0.273. The molecule has 0 radical (unpaired) electrons. The first-order valence-corrected chi connectivity index (χ1v) is 13.3. The van der Waals surface area contributed by atoms with E-state index < -0.39 is 39.3 Å². The number of hydrogen-bond acceptors (Lipinski definition) is 9. The second kappa shape index (κ2) is 10.1. The lowest BCUT2D eigenvalue weighted by atomic mass is 10.1. The molecule has 0 bridgehead atoms. The molecule has 3 amide bonds. The molecule has 2 aromatic rings. The maximum atomic E-state index is 15.1. The lowest BCUT2D eigenvalue weighted by Crippen LogP contribution is -2.33. The van der Waals surface area contributed by atoms with E-state index in [1.54, 1.807) is 0 Å². The van der Waals surface area contributed by atoms with E-state index in [2.05, 4.69) is 15.8 Å². The number of cyclic esters (lactones) is 1. The predicted molar refractivity (Wildman–Crippen MR) is 130 cm³/mol. The van der Waals surface area contributed by atoms with E-state index in [-0.39, 0.29) is 41.0 Å². The topological polar surface area (TPSA) is 143 Å². The number of carbonyl (C=O) groups excluding carboxylic acids is 3. The van der Waals surface area contributed by atoms with E-state index in [0.717, 1.165) is 18.0 Å². The Morgan fingerprint density at radius 1 is 1.28 bits per heavy atom. The SMILES string of the molecule is CC(=O)NC[C@H]1CN(c2ccc(C3=NNC(=O)C(c4ccc(OS(C)(=O)=O)cc4)S3)c(F)c2)C(=O)O1. The van der Waals surface area contributed by atoms with E-state index in [4.69, 9.17) is 8.92 Å². The zero-order chi connectivity index (χ0) is 26.0. The molecule has 0 spiro atoms. The number of thioether (sulfide) groups is 1. The number of nitrogens with zero attached hydrogens (tertiary/aromatic N) is 2. The van der Waals surface area contributed by atoms with Gasteiger partial charge in [-0.3, -0.25) is 14.5 Å². The number of hydrazone groups is 1. The van der Waals surface area contributed by atoms with Gasteiger partial charge in [-0.05, 0) is 35.9 Å². The Morgan fingerprint density at radius 2 is 2.00 bits per heavy atom. The quantitative estimate of drug-likeness (QED) is 0.511. The summed E-state index contributed by atoms with van der Waals surface area (Å²) >= 11 is 1.02. The summed E-state index contributed by atoms with van der Waals surface area (Å²) in [4.78, 5) is 37.0. The highest BCUT2D eigenvalue weighted by Gasteiger charge is 2.34. The average molecular weight is 537 g/mol. The van der Waals surface area contributed by atoms with Crippen molar-refractivity contribution in [2.24, 2.45) is 5.10 Å². The van der Waals surface area contributed by atoms with Crippen molar-refractivity contribution in [3.8, 4) is 5.75 Å². The Balaban J connectivity index is 1.48. The average Bonchev–Trinajstić information content (AvgIpc) is 3.18. The van der Waals surface area contributed by atoms with Crippen molar-refractivity contribution in [1.82, 2.24) is 10.7 Å². The van der Waals surface area contributed by atoms with Crippen molar-refractivity contribution < 1.29 is 36.1 Å². The van der Waals surface area contributed by atoms with E-state index in [1.165, 1.54) is 54.3 Å². The van der Waals surface area contributed by atoms with Crippen LogP contribution in [0.5, 0.6) is 5.75 Å². The minimum Gasteiger partial charge on any atom is -0.442 e. The van der Waals surface area contributed by atoms with Crippen LogP contribution in [0.2, 0.25) is 0 Å². The summed E-state index contributed by atoms with van der Waals surface area (Å²) in [7, 11) is -3.69. The van der Waals surface area contributed by atoms with Gasteiger partial charge in [0, 0.05) is 12.5 Å². The molecule has 0 aliphatic carbocycles. The molecule has 2 atom stereocenters. The lowest BCUT2D eigenvalue weighted by molar-refractivity contribution is -0.121. The van der Waals surface area contributed by atoms with Crippen LogP contribution >= 0.6 is 11.8 Å². The number of carbonyl (C=O) groups is 3. The Morgan fingerprint density at radius 3 is 2.64 bits per heavy atom. The molecule has 0 aromatic heterocycles. The number of nitrogens with one attached hydrogen (secondary N) is 2. The van der Waals surface area contributed by atoms with Crippen LogP contribution in [0.25, 0.3) is 0 Å². The normalized spacial score (nSPS) is 19.9. The van der Waals surface area contributed by atoms with Crippen LogP contribution < -0.4 is 19.8 Å². The van der Waals surface area contributed by atoms with Gasteiger partial charge < -0.3 is 14.2 Å². The van der Waals surface area contributed by atoms with Gasteiger partial charge in [0.15, 0.2) is 0 Å². The van der Waals surface area contributed by atoms with Gasteiger partial charge in [0.05, 0.1) is 25.0 Å². The van der Waals surface area contributed by atoms with E-state index in [9.17, 15) is 22.8 Å². The van der Waals surface area contributed by atoms with E-state index in [0.29, 0.717) is 5.56 Å². The van der Waals surface area contributed by atoms with Gasteiger partial charge in [0.25, 0.3) is 5.91 Å². The molecule has 1 fully saturated rings. The first-order chi connectivity index (χ1) is 17.0. The van der Waals surface area contributed by atoms with Crippen molar-refractivity contribution in [1.29, 1.82) is 0 Å². The molecular weight excluding hydrogens is 515 g/mol. The molecule has 11 nitrogen and oxygen atoms in total. The molecule has 1 saturated heterocycles. The Labute approximate surface area is 210 Å². The van der Waals surface area contributed by atoms with Gasteiger partial charge in [-0.2, -0.15) is 13.5 Å². The van der Waals surface area contributed by atoms with Crippen LogP contribution in [0.15, 0.2) is 47.6 Å². The van der Waals surface area contributed by atoms with Gasteiger partial charge in [0.1, 0.15) is 28.0 Å². The number of hydrogen-bond donors (Lipinski definition) is 2. The summed E-state index contributed by atoms with van der Waals surface area (Å²) in [6, 6.07) is 10.1. The molecule has 2 N–H and O–H groups in total. The number of amides is 3. The minimum absolute atomic E-state index is 0.0951. The van der Waals surface area contributed by atoms with Crippen molar-refractivity contribution in [2.75, 3.05) is 24.2 Å². The van der Waals surface area contributed by atoms with Crippen LogP contribution in [-0.2, 0) is 24.4 Å². The third kappa shape index (κ3) is 5.94. The van der Waals surface area contributed by atoms with Gasteiger partial charge in [0.2, 0.25) is 5.91 Å². The molecule has 36 heavy (non-hydrogen) atoms. The van der Waals surface area contributed by atoms with Crippen LogP contribution in [0.4, 0.5) is 14.9 Å². The summed E-state index contributed by atoms with van der Waals surface area (Å²) in [6.07, 6.45) is -0.296. The summed E-state index contributed by atoms with van der Waals surface area (Å²) in [6.45, 7) is 1.64. The zero-order valence-electron chi connectivity index (χ0n) is 19.1. The summed E-state index contributed by atoms with van der Waals surface area (Å²) in [5.74, 6) is -1.25. The van der Waals surface area contributed by atoms with Gasteiger partial charge in [-0.15, -0.1) is 0 Å². The van der Waals surface area contributed by atoms with E-state index in [1.807, 2.05) is 0 Å². The second-order valence-electron chi connectivity index (χ2n) is 7.97. The van der Waals surface area contributed by atoms with Crippen LogP contribution in [0.1, 0.15) is 23.3 Å². The van der Waals surface area contributed by atoms with E-state index >= 15 is 4.39 Å². The number of halogens is 1. The summed E-state index contributed by atoms with van der Waals surface area (Å²) in [5, 5.41) is 5.99. The van der Waals surface area contributed by atoms with Crippen molar-refractivity contribution >= 4 is 50.5 Å². The van der Waals surface area contributed by atoms with Crippen LogP contribution in [0.3, 0.4) is 0 Å². The van der Waals surface area contributed by atoms with Crippen LogP contribution in [0, 0.1) is 5.82 Å². The third-order valence-corrected chi connectivity index (χ3v) is 6.86. The van der Waals surface area contributed by atoms with Crippen LogP contribution in [-0.4, -0.2) is 56.8 Å². The van der Waals surface area contributed by atoms with Crippen molar-refractivity contribution in [3.05, 3.63) is 59.4 Å². The molecule has 2 aromatic carbocycles. The fourth-order valence-electron chi connectivity index (χ4n) is 3.51. The summed E-state index contributed by atoms with van der Waals surface area (Å²) in [5.41, 5.74) is 3.31. The largest absolute Gasteiger partial charge is 0.442 e. The minimum atomic E-state index is -3.69. The highest BCUT2D eigenvalue weighted by molar-refractivity contribution is 8.15. The van der Waals surface area contributed by atoms with Gasteiger partial charge in [-0.25, -0.2) is 14.6 Å². The molecule has 2 aliphatic heterocycles. The zero-order valence-corrected chi connectivity index (χ0v) is 20.7. The summed E-state index contributed by atoms with van der Waals surface area (Å²) < 4.78 is 47.7. The molecule has 4 rings (SSSR count). The number of rotatable bonds is 7. The Bertz CT molecular complexity index is 1350. The first-order valence-electron chi connectivity index (χ1n) is 10.6. The highest BCUT2D eigenvalue weighted by atomic mass is 32.2. The highest BCUT2D eigenvalue weighted by Crippen LogP contribution is 2.36.